The quantitative estimate of drug-likeness (QED) is 0.816. The van der Waals surface area contributed by atoms with Gasteiger partial charge in [0, 0.05) is 0 Å². The number of nitrogens with zero attached hydrogens (tertiary/aromatic N) is 2. The standard InChI is InChI=1S/C21H21FN2O3/c1-21(2)18(12-14-6-4-3-5-7-14)24(20(25)26-21)19-13-17(23-27-19)15-8-10-16(22)11-9-15/h3-11,18-19H,12-13H2,1-2H3/t18-,19-/m0/s1. The lowest BCUT2D eigenvalue weighted by Crippen LogP contribution is -2.48. The third-order valence-corrected chi connectivity index (χ3v) is 5.11. The van der Waals surface area contributed by atoms with Crippen LogP contribution >= 0.6 is 0 Å². The molecule has 2 atom stereocenters. The van der Waals surface area contributed by atoms with Gasteiger partial charge in [0.25, 0.3) is 0 Å². The molecule has 0 aliphatic carbocycles. The predicted octanol–water partition coefficient (Wildman–Crippen LogP) is 4.12. The molecule has 0 radical (unpaired) electrons. The summed E-state index contributed by atoms with van der Waals surface area (Å²) in [5.41, 5.74) is 1.95. The van der Waals surface area contributed by atoms with E-state index in [1.54, 1.807) is 17.0 Å². The van der Waals surface area contributed by atoms with Crippen molar-refractivity contribution in [3.8, 4) is 0 Å². The van der Waals surface area contributed by atoms with Gasteiger partial charge in [-0.2, -0.15) is 0 Å². The summed E-state index contributed by atoms with van der Waals surface area (Å²) in [5.74, 6) is -0.303. The molecule has 2 heterocycles. The summed E-state index contributed by atoms with van der Waals surface area (Å²) < 4.78 is 18.8. The van der Waals surface area contributed by atoms with Crippen molar-refractivity contribution in [3.05, 3.63) is 71.5 Å². The average molecular weight is 368 g/mol. The Morgan fingerprint density at radius 1 is 1.15 bits per heavy atom. The summed E-state index contributed by atoms with van der Waals surface area (Å²) in [6.45, 7) is 3.82. The Balaban J connectivity index is 1.54. The molecule has 0 unspecified atom stereocenters. The molecule has 2 aliphatic rings. The van der Waals surface area contributed by atoms with Crippen LogP contribution in [0.4, 0.5) is 9.18 Å². The molecule has 0 spiro atoms. The van der Waals surface area contributed by atoms with Crippen LogP contribution in [0.5, 0.6) is 0 Å². The molecule has 1 saturated heterocycles. The summed E-state index contributed by atoms with van der Waals surface area (Å²) in [7, 11) is 0. The van der Waals surface area contributed by atoms with E-state index in [9.17, 15) is 9.18 Å². The summed E-state index contributed by atoms with van der Waals surface area (Å²) in [6.07, 6.45) is 0.155. The van der Waals surface area contributed by atoms with Crippen LogP contribution in [0.1, 0.15) is 31.4 Å². The summed E-state index contributed by atoms with van der Waals surface area (Å²) in [5, 5.41) is 4.13. The first-order valence-electron chi connectivity index (χ1n) is 8.98. The van der Waals surface area contributed by atoms with E-state index in [4.69, 9.17) is 9.57 Å². The molecular formula is C21H21FN2O3. The third-order valence-electron chi connectivity index (χ3n) is 5.11. The first kappa shape index (κ1) is 17.5. The summed E-state index contributed by atoms with van der Waals surface area (Å²) >= 11 is 0. The Morgan fingerprint density at radius 3 is 2.56 bits per heavy atom. The minimum Gasteiger partial charge on any atom is -0.441 e. The largest absolute Gasteiger partial charge is 0.441 e. The van der Waals surface area contributed by atoms with Gasteiger partial charge in [0.15, 0.2) is 0 Å². The SMILES string of the molecule is CC1(C)OC(=O)N([C@@H]2CC(c3ccc(F)cc3)=NO2)[C@H]1Cc1ccccc1. The highest BCUT2D eigenvalue weighted by Gasteiger charge is 2.52. The average Bonchev–Trinajstić information content (AvgIpc) is 3.19. The minimum absolute atomic E-state index is 0.180. The van der Waals surface area contributed by atoms with Crippen molar-refractivity contribution in [3.63, 3.8) is 0 Å². The van der Waals surface area contributed by atoms with Crippen molar-refractivity contribution >= 4 is 11.8 Å². The first-order valence-corrected chi connectivity index (χ1v) is 8.98. The van der Waals surface area contributed by atoms with Crippen molar-refractivity contribution in [1.29, 1.82) is 0 Å². The molecule has 0 bridgehead atoms. The fourth-order valence-electron chi connectivity index (χ4n) is 3.63. The number of cyclic esters (lactones) is 1. The van der Waals surface area contributed by atoms with Crippen molar-refractivity contribution < 1.29 is 18.8 Å². The van der Waals surface area contributed by atoms with Crippen LogP contribution in [0.15, 0.2) is 59.8 Å². The monoisotopic (exact) mass is 368 g/mol. The molecule has 0 saturated carbocycles. The molecule has 2 aromatic carbocycles. The van der Waals surface area contributed by atoms with Crippen LogP contribution in [0.3, 0.4) is 0 Å². The highest BCUT2D eigenvalue weighted by molar-refractivity contribution is 6.01. The van der Waals surface area contributed by atoms with Gasteiger partial charge in [0.1, 0.15) is 11.4 Å². The molecule has 1 amide bonds. The zero-order valence-electron chi connectivity index (χ0n) is 15.3. The van der Waals surface area contributed by atoms with Gasteiger partial charge in [0.05, 0.1) is 18.2 Å². The van der Waals surface area contributed by atoms with Crippen LogP contribution in [0.25, 0.3) is 0 Å². The first-order chi connectivity index (χ1) is 12.9. The van der Waals surface area contributed by atoms with Crippen LogP contribution in [-0.2, 0) is 16.0 Å². The van der Waals surface area contributed by atoms with Gasteiger partial charge in [-0.3, -0.25) is 4.90 Å². The highest BCUT2D eigenvalue weighted by atomic mass is 19.1. The maximum absolute atomic E-state index is 13.2. The van der Waals surface area contributed by atoms with Gasteiger partial charge in [-0.25, -0.2) is 9.18 Å². The van der Waals surface area contributed by atoms with Crippen LogP contribution in [0.2, 0.25) is 0 Å². The second-order valence-electron chi connectivity index (χ2n) is 7.39. The number of benzene rings is 2. The van der Waals surface area contributed by atoms with Gasteiger partial charge in [-0.15, -0.1) is 0 Å². The molecule has 1 fully saturated rings. The fourth-order valence-corrected chi connectivity index (χ4v) is 3.63. The summed E-state index contributed by atoms with van der Waals surface area (Å²) in [6, 6.07) is 15.9. The zero-order chi connectivity index (χ0) is 19.0. The Labute approximate surface area is 157 Å². The number of amides is 1. The maximum atomic E-state index is 13.2. The molecule has 2 aromatic rings. The number of carbonyl (C=O) groups excluding carboxylic acids is 1. The molecule has 6 heteroatoms. The molecule has 2 aliphatic heterocycles. The number of oxime groups is 1. The molecule has 0 N–H and O–H groups in total. The second kappa shape index (κ2) is 6.68. The van der Waals surface area contributed by atoms with Crippen molar-refractivity contribution in [1.82, 2.24) is 4.90 Å². The lowest BCUT2D eigenvalue weighted by Gasteiger charge is -2.31. The van der Waals surface area contributed by atoms with Gasteiger partial charge in [0.2, 0.25) is 6.23 Å². The number of ether oxygens (including phenoxy) is 1. The Hall–Kier alpha value is -2.89. The van der Waals surface area contributed by atoms with Gasteiger partial charge >= 0.3 is 6.09 Å². The van der Waals surface area contributed by atoms with Crippen LogP contribution in [-0.4, -0.2) is 34.6 Å². The Kier molecular flexibility index (Phi) is 4.34. The van der Waals surface area contributed by atoms with E-state index >= 15 is 0 Å². The van der Waals surface area contributed by atoms with Gasteiger partial charge in [-0.05, 0) is 43.5 Å². The molecule has 27 heavy (non-hydrogen) atoms. The molecular weight excluding hydrogens is 347 g/mol. The van der Waals surface area contributed by atoms with E-state index in [2.05, 4.69) is 5.16 Å². The normalized spacial score (nSPS) is 23.7. The lowest BCUT2D eigenvalue weighted by atomic mass is 9.91. The third kappa shape index (κ3) is 3.39. The number of hydrogen-bond donors (Lipinski definition) is 0. The van der Waals surface area contributed by atoms with E-state index in [1.165, 1.54) is 12.1 Å². The van der Waals surface area contributed by atoms with Gasteiger partial charge < -0.3 is 9.57 Å². The predicted molar refractivity (Wildman–Crippen MR) is 98.8 cm³/mol. The van der Waals surface area contributed by atoms with E-state index < -0.39 is 17.9 Å². The molecule has 140 valence electrons. The minimum atomic E-state index is -0.644. The maximum Gasteiger partial charge on any atom is 0.413 e. The van der Waals surface area contributed by atoms with E-state index in [0.717, 1.165) is 11.1 Å². The van der Waals surface area contributed by atoms with Gasteiger partial charge in [-0.1, -0.05) is 47.6 Å². The molecule has 0 aromatic heterocycles. The van der Waals surface area contributed by atoms with Crippen LogP contribution < -0.4 is 0 Å². The van der Waals surface area contributed by atoms with E-state index in [-0.39, 0.29) is 11.9 Å². The van der Waals surface area contributed by atoms with E-state index in [1.807, 2.05) is 44.2 Å². The number of carbonyl (C=O) groups is 1. The second-order valence-corrected chi connectivity index (χ2v) is 7.39. The van der Waals surface area contributed by atoms with E-state index in [0.29, 0.717) is 18.6 Å². The number of rotatable bonds is 4. The van der Waals surface area contributed by atoms with Crippen LogP contribution in [0, 0.1) is 5.82 Å². The molecule has 5 nitrogen and oxygen atoms in total. The van der Waals surface area contributed by atoms with Crippen molar-refractivity contribution in [2.24, 2.45) is 5.16 Å². The Bertz CT molecular complexity index is 865. The molecule has 4 rings (SSSR count). The smallest absolute Gasteiger partial charge is 0.413 e. The number of halogens is 1. The fraction of sp³-hybridized carbons (Fsp3) is 0.333. The Morgan fingerprint density at radius 2 is 1.85 bits per heavy atom. The van der Waals surface area contributed by atoms with Crippen molar-refractivity contribution in [2.75, 3.05) is 0 Å². The zero-order valence-corrected chi connectivity index (χ0v) is 15.3. The van der Waals surface area contributed by atoms with Crippen molar-refractivity contribution in [2.45, 2.75) is 44.6 Å². The lowest BCUT2D eigenvalue weighted by molar-refractivity contribution is -0.0285. The summed E-state index contributed by atoms with van der Waals surface area (Å²) in [4.78, 5) is 19.8. The topological polar surface area (TPSA) is 51.1 Å². The highest BCUT2D eigenvalue weighted by Crippen LogP contribution is 2.36. The number of hydrogen-bond acceptors (Lipinski definition) is 4.